The Hall–Kier alpha value is -1.43. The largest absolute Gasteiger partial charge is 0.360 e. The maximum Gasteiger partial charge on any atom is 0.105 e. The van der Waals surface area contributed by atoms with E-state index in [0.29, 0.717) is 0 Å². The Morgan fingerprint density at radius 1 is 1.69 bits per heavy atom. The number of anilines is 1. The van der Waals surface area contributed by atoms with Gasteiger partial charge in [-0.1, -0.05) is 0 Å². The van der Waals surface area contributed by atoms with Crippen molar-refractivity contribution in [1.82, 2.24) is 4.98 Å². The molecule has 1 fully saturated rings. The summed E-state index contributed by atoms with van der Waals surface area (Å²) in [6.07, 6.45) is 4.00. The molecule has 3 nitrogen and oxygen atoms in total. The molecule has 0 saturated heterocycles. The fourth-order valence-electron chi connectivity index (χ4n) is 1.55. The molecule has 68 valence electrons. The van der Waals surface area contributed by atoms with E-state index in [-0.39, 0.29) is 5.41 Å². The first-order valence-electron chi connectivity index (χ1n) is 4.52. The van der Waals surface area contributed by atoms with Crippen LogP contribution in [0.25, 0.3) is 0 Å². The van der Waals surface area contributed by atoms with E-state index in [0.717, 1.165) is 25.2 Å². The van der Waals surface area contributed by atoms with Crippen LogP contribution in [0.3, 0.4) is 0 Å². The Kier molecular flexibility index (Phi) is 1.77. The van der Waals surface area contributed by atoms with Crippen molar-refractivity contribution in [3.8, 4) is 6.07 Å². The van der Waals surface area contributed by atoms with Gasteiger partial charge in [0.1, 0.15) is 5.82 Å². The minimum atomic E-state index is -0.0557. The van der Waals surface area contributed by atoms with Gasteiger partial charge in [0.05, 0.1) is 11.5 Å². The average molecular weight is 175 g/mol. The summed E-state index contributed by atoms with van der Waals surface area (Å²) < 4.78 is 0. The predicted molar refractivity (Wildman–Crippen MR) is 51.3 cm³/mol. The SMILES string of the molecule is CN(CC1(C#N)CC1)c1ccc[nH]1. The third-order valence-electron chi connectivity index (χ3n) is 2.62. The van der Waals surface area contributed by atoms with Crippen LogP contribution >= 0.6 is 0 Å². The van der Waals surface area contributed by atoms with Crippen molar-refractivity contribution in [3.05, 3.63) is 18.3 Å². The third-order valence-corrected chi connectivity index (χ3v) is 2.62. The van der Waals surface area contributed by atoms with E-state index in [1.807, 2.05) is 25.4 Å². The Morgan fingerprint density at radius 2 is 2.46 bits per heavy atom. The number of aromatic nitrogens is 1. The number of nitrogens with one attached hydrogen (secondary N) is 1. The molecule has 1 aromatic rings. The number of hydrogen-bond acceptors (Lipinski definition) is 2. The molecular formula is C10H13N3. The molecule has 1 aliphatic rings. The fourth-order valence-corrected chi connectivity index (χ4v) is 1.55. The van der Waals surface area contributed by atoms with Crippen molar-refractivity contribution in [2.45, 2.75) is 12.8 Å². The van der Waals surface area contributed by atoms with Crippen LogP contribution in [0.2, 0.25) is 0 Å². The van der Waals surface area contributed by atoms with Crippen molar-refractivity contribution in [2.24, 2.45) is 5.41 Å². The summed E-state index contributed by atoms with van der Waals surface area (Å²) >= 11 is 0. The van der Waals surface area contributed by atoms with Crippen LogP contribution in [-0.2, 0) is 0 Å². The molecule has 0 aliphatic heterocycles. The normalized spacial score (nSPS) is 17.8. The zero-order valence-electron chi connectivity index (χ0n) is 7.75. The van der Waals surface area contributed by atoms with Gasteiger partial charge >= 0.3 is 0 Å². The molecule has 1 heterocycles. The van der Waals surface area contributed by atoms with Crippen LogP contribution in [-0.4, -0.2) is 18.6 Å². The number of hydrogen-bond donors (Lipinski definition) is 1. The van der Waals surface area contributed by atoms with E-state index >= 15 is 0 Å². The molecule has 0 amide bonds. The van der Waals surface area contributed by atoms with Crippen LogP contribution in [0, 0.1) is 16.7 Å². The Bertz CT molecular complexity index is 316. The standard InChI is InChI=1S/C10H13N3/c1-13(9-3-2-6-12-9)8-10(7-11)4-5-10/h2-3,6,12H,4-5,8H2,1H3. The van der Waals surface area contributed by atoms with E-state index < -0.39 is 0 Å². The molecule has 0 radical (unpaired) electrons. The highest BCUT2D eigenvalue weighted by atomic mass is 15.2. The monoisotopic (exact) mass is 175 g/mol. The van der Waals surface area contributed by atoms with E-state index in [9.17, 15) is 0 Å². The van der Waals surface area contributed by atoms with Crippen molar-refractivity contribution in [1.29, 1.82) is 5.26 Å². The summed E-state index contributed by atoms with van der Waals surface area (Å²) in [6, 6.07) is 6.38. The second-order valence-corrected chi connectivity index (χ2v) is 3.80. The van der Waals surface area contributed by atoms with Gasteiger partial charge < -0.3 is 9.88 Å². The number of rotatable bonds is 3. The van der Waals surface area contributed by atoms with Gasteiger partial charge in [0.15, 0.2) is 0 Å². The maximum absolute atomic E-state index is 8.92. The van der Waals surface area contributed by atoms with E-state index in [1.165, 1.54) is 0 Å². The highest BCUT2D eigenvalue weighted by molar-refractivity contribution is 5.39. The smallest absolute Gasteiger partial charge is 0.105 e. The molecule has 3 heteroatoms. The topological polar surface area (TPSA) is 42.8 Å². The molecule has 1 N–H and O–H groups in total. The number of aromatic amines is 1. The van der Waals surface area contributed by atoms with Crippen LogP contribution < -0.4 is 4.90 Å². The van der Waals surface area contributed by atoms with E-state index in [4.69, 9.17) is 5.26 Å². The van der Waals surface area contributed by atoms with Gasteiger partial charge in [0, 0.05) is 19.8 Å². The van der Waals surface area contributed by atoms with Crippen molar-refractivity contribution in [2.75, 3.05) is 18.5 Å². The predicted octanol–water partition coefficient (Wildman–Crippen LogP) is 1.75. The summed E-state index contributed by atoms with van der Waals surface area (Å²) in [7, 11) is 2.02. The lowest BCUT2D eigenvalue weighted by Crippen LogP contribution is -2.25. The molecule has 1 aliphatic carbocycles. The summed E-state index contributed by atoms with van der Waals surface area (Å²) in [4.78, 5) is 5.24. The Labute approximate surface area is 78.0 Å². The van der Waals surface area contributed by atoms with Crippen LogP contribution in [0.4, 0.5) is 5.82 Å². The van der Waals surface area contributed by atoms with Crippen molar-refractivity contribution < 1.29 is 0 Å². The number of nitrogens with zero attached hydrogens (tertiary/aromatic N) is 2. The van der Waals surface area contributed by atoms with Gasteiger partial charge in [-0.2, -0.15) is 5.26 Å². The second-order valence-electron chi connectivity index (χ2n) is 3.80. The van der Waals surface area contributed by atoms with Gasteiger partial charge in [0.25, 0.3) is 0 Å². The minimum absolute atomic E-state index is 0.0557. The van der Waals surface area contributed by atoms with E-state index in [2.05, 4.69) is 16.0 Å². The lowest BCUT2D eigenvalue weighted by molar-refractivity contribution is 0.650. The van der Waals surface area contributed by atoms with Gasteiger partial charge in [-0.05, 0) is 25.0 Å². The first-order chi connectivity index (χ1) is 6.26. The third kappa shape index (κ3) is 1.52. The Balaban J connectivity index is 2.00. The molecule has 1 aromatic heterocycles. The summed E-state index contributed by atoms with van der Waals surface area (Å²) in [5, 5.41) is 8.92. The second kappa shape index (κ2) is 2.81. The molecule has 0 atom stereocenters. The van der Waals surface area contributed by atoms with Gasteiger partial charge in [-0.25, -0.2) is 0 Å². The number of nitriles is 1. The van der Waals surface area contributed by atoms with Gasteiger partial charge in [-0.15, -0.1) is 0 Å². The molecule has 2 rings (SSSR count). The highest BCUT2D eigenvalue weighted by Crippen LogP contribution is 2.45. The van der Waals surface area contributed by atoms with Gasteiger partial charge in [0.2, 0.25) is 0 Å². The lowest BCUT2D eigenvalue weighted by Gasteiger charge is -2.19. The first kappa shape index (κ1) is 8.18. The highest BCUT2D eigenvalue weighted by Gasteiger charge is 2.44. The van der Waals surface area contributed by atoms with E-state index in [1.54, 1.807) is 0 Å². The summed E-state index contributed by atoms with van der Waals surface area (Å²) in [5.74, 6) is 1.08. The molecule has 0 spiro atoms. The molecule has 0 unspecified atom stereocenters. The minimum Gasteiger partial charge on any atom is -0.360 e. The fraction of sp³-hybridized carbons (Fsp3) is 0.500. The molecule has 1 saturated carbocycles. The van der Waals surface area contributed by atoms with Crippen molar-refractivity contribution in [3.63, 3.8) is 0 Å². The van der Waals surface area contributed by atoms with Crippen molar-refractivity contribution >= 4 is 5.82 Å². The van der Waals surface area contributed by atoms with Crippen LogP contribution in [0.5, 0.6) is 0 Å². The molecule has 0 aromatic carbocycles. The zero-order chi connectivity index (χ0) is 9.31. The maximum atomic E-state index is 8.92. The molecule has 0 bridgehead atoms. The zero-order valence-corrected chi connectivity index (χ0v) is 7.75. The first-order valence-corrected chi connectivity index (χ1v) is 4.52. The van der Waals surface area contributed by atoms with Gasteiger partial charge in [-0.3, -0.25) is 0 Å². The number of H-pyrrole nitrogens is 1. The summed E-state index contributed by atoms with van der Waals surface area (Å²) in [5.41, 5.74) is -0.0557. The quantitative estimate of drug-likeness (QED) is 0.760. The lowest BCUT2D eigenvalue weighted by atomic mass is 10.1. The average Bonchev–Trinajstić information content (AvgIpc) is 2.69. The molecule has 13 heavy (non-hydrogen) atoms. The Morgan fingerprint density at radius 3 is 2.92 bits per heavy atom. The molecular weight excluding hydrogens is 162 g/mol. The summed E-state index contributed by atoms with van der Waals surface area (Å²) in [6.45, 7) is 0.837. The van der Waals surface area contributed by atoms with Crippen LogP contribution in [0.15, 0.2) is 18.3 Å². The van der Waals surface area contributed by atoms with Crippen LogP contribution in [0.1, 0.15) is 12.8 Å².